The molecule has 0 spiro atoms. The van der Waals surface area contributed by atoms with Gasteiger partial charge in [-0.3, -0.25) is 4.79 Å². The van der Waals surface area contributed by atoms with Crippen molar-refractivity contribution in [3.63, 3.8) is 0 Å². The zero-order valence-corrected chi connectivity index (χ0v) is 15.5. The maximum atomic E-state index is 12.6. The molecule has 0 bridgehead atoms. The van der Waals surface area contributed by atoms with E-state index in [1.807, 2.05) is 0 Å². The molecule has 1 aliphatic heterocycles. The van der Waals surface area contributed by atoms with Gasteiger partial charge >= 0.3 is 6.18 Å². The zero-order chi connectivity index (χ0) is 19.9. The number of aliphatic imine (C=N–C) groups is 1. The predicted molar refractivity (Wildman–Crippen MR) is 96.3 cm³/mol. The third kappa shape index (κ3) is 7.09. The number of nitrogens with zero attached hydrogens (tertiary/aromatic N) is 2. The molecule has 1 amide bonds. The number of benzene rings is 1. The maximum absolute atomic E-state index is 12.6. The van der Waals surface area contributed by atoms with E-state index in [9.17, 15) is 18.0 Å². The number of carbonyl (C=O) groups excluding carboxylic acids is 1. The first kappa shape index (κ1) is 21.0. The molecule has 2 N–H and O–H groups in total. The van der Waals surface area contributed by atoms with Crippen molar-refractivity contribution in [2.24, 2.45) is 4.99 Å². The number of guanidine groups is 1. The lowest BCUT2D eigenvalue weighted by Gasteiger charge is -2.17. The molecule has 1 aliphatic rings. The largest absolute Gasteiger partial charge is 0.416 e. The lowest BCUT2D eigenvalue weighted by Crippen LogP contribution is -2.45. The molecular weight excluding hydrogens is 361 g/mol. The highest BCUT2D eigenvalue weighted by Crippen LogP contribution is 2.29. The summed E-state index contributed by atoms with van der Waals surface area (Å²) in [5, 5.41) is 6.07. The number of amides is 1. The van der Waals surface area contributed by atoms with Crippen LogP contribution >= 0.6 is 0 Å². The van der Waals surface area contributed by atoms with Gasteiger partial charge in [0.1, 0.15) is 0 Å². The van der Waals surface area contributed by atoms with Gasteiger partial charge in [-0.25, -0.2) is 4.99 Å². The standard InChI is InChI=1S/C18H25F3N4O2/c1-25(2)16(26)12-24-17(23-11-15-4-3-9-27-15)22-10-13-5-7-14(8-6-13)18(19,20)21/h5-8,15H,3-4,9-12H2,1-2H3,(H2,22,23,24). The second-order valence-electron chi connectivity index (χ2n) is 6.52. The first-order valence-corrected chi connectivity index (χ1v) is 8.76. The quantitative estimate of drug-likeness (QED) is 0.580. The molecule has 1 saturated heterocycles. The molecule has 1 aromatic rings. The number of carbonyl (C=O) groups is 1. The highest BCUT2D eigenvalue weighted by molar-refractivity contribution is 5.86. The fraction of sp³-hybridized carbons (Fsp3) is 0.556. The van der Waals surface area contributed by atoms with Crippen LogP contribution in [0.3, 0.4) is 0 Å². The van der Waals surface area contributed by atoms with Gasteiger partial charge in [0, 0.05) is 27.2 Å². The van der Waals surface area contributed by atoms with Crippen LogP contribution in [0.5, 0.6) is 0 Å². The van der Waals surface area contributed by atoms with Crippen molar-refractivity contribution < 1.29 is 22.7 Å². The highest BCUT2D eigenvalue weighted by Gasteiger charge is 2.29. The van der Waals surface area contributed by atoms with Crippen molar-refractivity contribution in [2.75, 3.05) is 33.8 Å². The summed E-state index contributed by atoms with van der Waals surface area (Å²) in [6.45, 7) is 1.54. The molecule has 27 heavy (non-hydrogen) atoms. The lowest BCUT2D eigenvalue weighted by molar-refractivity contribution is -0.137. The Labute approximate surface area is 156 Å². The van der Waals surface area contributed by atoms with Gasteiger partial charge in [0.05, 0.1) is 24.8 Å². The van der Waals surface area contributed by atoms with E-state index < -0.39 is 11.7 Å². The van der Waals surface area contributed by atoms with Crippen molar-refractivity contribution in [1.82, 2.24) is 15.5 Å². The minimum Gasteiger partial charge on any atom is -0.376 e. The third-order valence-corrected chi connectivity index (χ3v) is 4.13. The van der Waals surface area contributed by atoms with E-state index in [0.29, 0.717) is 18.1 Å². The number of nitrogens with one attached hydrogen (secondary N) is 2. The first-order chi connectivity index (χ1) is 12.8. The van der Waals surface area contributed by atoms with E-state index in [-0.39, 0.29) is 25.1 Å². The Morgan fingerprint density at radius 1 is 1.26 bits per heavy atom. The second-order valence-corrected chi connectivity index (χ2v) is 6.52. The topological polar surface area (TPSA) is 66.0 Å². The number of hydrogen-bond acceptors (Lipinski definition) is 3. The summed E-state index contributed by atoms with van der Waals surface area (Å²) in [5.74, 6) is 0.303. The third-order valence-electron chi connectivity index (χ3n) is 4.13. The van der Waals surface area contributed by atoms with Gasteiger partial charge in [0.15, 0.2) is 5.96 Å². The molecule has 6 nitrogen and oxygen atoms in total. The van der Waals surface area contributed by atoms with Crippen LogP contribution in [0.2, 0.25) is 0 Å². The van der Waals surface area contributed by atoms with E-state index in [1.165, 1.54) is 17.0 Å². The van der Waals surface area contributed by atoms with Crippen molar-refractivity contribution >= 4 is 11.9 Å². The van der Waals surface area contributed by atoms with Gasteiger partial charge in [0.2, 0.25) is 5.91 Å². The van der Waals surface area contributed by atoms with Crippen LogP contribution < -0.4 is 10.6 Å². The van der Waals surface area contributed by atoms with Crippen LogP contribution in [0, 0.1) is 0 Å². The molecule has 0 aliphatic carbocycles. The molecule has 150 valence electrons. The fourth-order valence-electron chi connectivity index (χ4n) is 2.48. The van der Waals surface area contributed by atoms with Crippen LogP contribution in [0.25, 0.3) is 0 Å². The maximum Gasteiger partial charge on any atom is 0.416 e. The van der Waals surface area contributed by atoms with E-state index in [2.05, 4.69) is 15.6 Å². The molecule has 1 heterocycles. The Bertz CT molecular complexity index is 639. The summed E-state index contributed by atoms with van der Waals surface area (Å²) in [5.41, 5.74) is -0.0539. The number of ether oxygens (including phenoxy) is 1. The van der Waals surface area contributed by atoms with E-state index in [1.54, 1.807) is 14.1 Å². The van der Waals surface area contributed by atoms with Gasteiger partial charge < -0.3 is 20.3 Å². The summed E-state index contributed by atoms with van der Waals surface area (Å²) in [7, 11) is 3.31. The Morgan fingerprint density at radius 2 is 1.96 bits per heavy atom. The zero-order valence-electron chi connectivity index (χ0n) is 15.5. The van der Waals surface area contributed by atoms with Crippen molar-refractivity contribution in [3.05, 3.63) is 35.4 Å². The van der Waals surface area contributed by atoms with Gasteiger partial charge in [0.25, 0.3) is 0 Å². The Kier molecular flexibility index (Phi) is 7.46. The molecule has 0 saturated carbocycles. The molecule has 1 fully saturated rings. The van der Waals surface area contributed by atoms with Crippen molar-refractivity contribution in [3.8, 4) is 0 Å². The SMILES string of the molecule is CN(C)C(=O)CNC(=NCc1ccc(C(F)(F)F)cc1)NCC1CCCO1. The molecule has 1 atom stereocenters. The number of likely N-dealkylation sites (N-methyl/N-ethyl adjacent to an activating group) is 1. The normalized spacial score (nSPS) is 17.7. The van der Waals surface area contributed by atoms with E-state index in [4.69, 9.17) is 4.74 Å². The number of rotatable bonds is 6. The Balaban J connectivity index is 1.98. The summed E-state index contributed by atoms with van der Waals surface area (Å²) in [6, 6.07) is 4.87. The smallest absolute Gasteiger partial charge is 0.376 e. The summed E-state index contributed by atoms with van der Waals surface area (Å²) in [6.07, 6.45) is -2.30. The van der Waals surface area contributed by atoms with Crippen LogP contribution in [0.1, 0.15) is 24.0 Å². The average molecular weight is 386 g/mol. The fourth-order valence-corrected chi connectivity index (χ4v) is 2.48. The first-order valence-electron chi connectivity index (χ1n) is 8.76. The molecule has 1 aromatic carbocycles. The van der Waals surface area contributed by atoms with Gasteiger partial charge in [-0.15, -0.1) is 0 Å². The van der Waals surface area contributed by atoms with E-state index >= 15 is 0 Å². The second kappa shape index (κ2) is 9.59. The van der Waals surface area contributed by atoms with Gasteiger partial charge in [-0.1, -0.05) is 12.1 Å². The van der Waals surface area contributed by atoms with Crippen molar-refractivity contribution in [2.45, 2.75) is 31.7 Å². The number of hydrogen-bond donors (Lipinski definition) is 2. The summed E-state index contributed by atoms with van der Waals surface area (Å²) >= 11 is 0. The average Bonchev–Trinajstić information content (AvgIpc) is 3.13. The molecule has 1 unspecified atom stereocenters. The van der Waals surface area contributed by atoms with Crippen LogP contribution in [0.15, 0.2) is 29.3 Å². The van der Waals surface area contributed by atoms with Crippen LogP contribution in [-0.4, -0.2) is 56.7 Å². The van der Waals surface area contributed by atoms with Crippen molar-refractivity contribution in [1.29, 1.82) is 0 Å². The summed E-state index contributed by atoms with van der Waals surface area (Å²) < 4.78 is 43.4. The summed E-state index contributed by atoms with van der Waals surface area (Å²) in [4.78, 5) is 17.6. The van der Waals surface area contributed by atoms with Gasteiger partial charge in [-0.2, -0.15) is 13.2 Å². The number of alkyl halides is 3. The van der Waals surface area contributed by atoms with E-state index in [0.717, 1.165) is 31.6 Å². The monoisotopic (exact) mass is 386 g/mol. The molecular formula is C18H25F3N4O2. The minimum atomic E-state index is -4.36. The Hall–Kier alpha value is -2.29. The molecule has 0 radical (unpaired) electrons. The highest BCUT2D eigenvalue weighted by atomic mass is 19.4. The molecule has 0 aromatic heterocycles. The lowest BCUT2D eigenvalue weighted by atomic mass is 10.1. The number of halogens is 3. The van der Waals surface area contributed by atoms with Crippen LogP contribution in [0.4, 0.5) is 13.2 Å². The van der Waals surface area contributed by atoms with Gasteiger partial charge in [-0.05, 0) is 30.5 Å². The van der Waals surface area contributed by atoms with Crippen LogP contribution in [-0.2, 0) is 22.3 Å². The Morgan fingerprint density at radius 3 is 2.52 bits per heavy atom. The molecule has 9 heteroatoms. The minimum absolute atomic E-state index is 0.0668. The molecule has 2 rings (SSSR count). The predicted octanol–water partition coefficient (Wildman–Crippen LogP) is 2.01.